The number of sulfone groups is 1. The second-order valence-corrected chi connectivity index (χ2v) is 7.06. The molecule has 0 aliphatic rings. The first-order valence-electron chi connectivity index (χ1n) is 6.50. The summed E-state index contributed by atoms with van der Waals surface area (Å²) in [7, 11) is -4.79. The molecule has 0 aliphatic carbocycles. The normalized spacial score (nSPS) is 12.4. The van der Waals surface area contributed by atoms with Gasteiger partial charge in [0, 0.05) is 18.6 Å². The lowest BCUT2D eigenvalue weighted by molar-refractivity contribution is 0.0253. The summed E-state index contributed by atoms with van der Waals surface area (Å²) in [6.07, 6.45) is -1.32. The van der Waals surface area contributed by atoms with E-state index in [2.05, 4.69) is 0 Å². The Hall–Kier alpha value is -2.03. The van der Waals surface area contributed by atoms with Crippen molar-refractivity contribution in [2.45, 2.75) is 17.2 Å². The fourth-order valence-electron chi connectivity index (χ4n) is 2.08. The monoisotopic (exact) mass is 368 g/mol. The summed E-state index contributed by atoms with van der Waals surface area (Å²) in [5, 5.41) is 0. The van der Waals surface area contributed by atoms with Crippen molar-refractivity contribution < 1.29 is 34.8 Å². The van der Waals surface area contributed by atoms with Gasteiger partial charge in [0.05, 0.1) is 0 Å². The van der Waals surface area contributed by atoms with Crippen LogP contribution in [-0.4, -0.2) is 20.1 Å². The van der Waals surface area contributed by atoms with E-state index in [1.54, 1.807) is 0 Å². The van der Waals surface area contributed by atoms with Crippen molar-refractivity contribution in [3.05, 3.63) is 65.2 Å². The van der Waals surface area contributed by atoms with Crippen molar-refractivity contribution in [1.82, 2.24) is 0 Å². The quantitative estimate of drug-likeness (QED) is 0.593. The van der Waals surface area contributed by atoms with Crippen LogP contribution in [0.3, 0.4) is 0 Å². The van der Waals surface area contributed by atoms with E-state index in [-0.39, 0.29) is 6.07 Å². The van der Waals surface area contributed by atoms with E-state index >= 15 is 0 Å². The molecule has 0 radical (unpaired) electrons. The van der Waals surface area contributed by atoms with E-state index in [9.17, 15) is 34.8 Å². The third-order valence-electron chi connectivity index (χ3n) is 3.09. The number of alkyl halides is 2. The maximum atomic E-state index is 13.9. The molecule has 0 spiro atoms. The van der Waals surface area contributed by atoms with Crippen LogP contribution in [0.2, 0.25) is 0 Å². The van der Waals surface area contributed by atoms with Gasteiger partial charge in [0.15, 0.2) is 9.84 Å². The molecule has 0 aliphatic heterocycles. The Morgan fingerprint density at radius 3 is 1.92 bits per heavy atom. The lowest BCUT2D eigenvalue weighted by Crippen LogP contribution is -2.31. The number of rotatable bonds is 5. The summed E-state index contributed by atoms with van der Waals surface area (Å²) in [4.78, 5) is -1.08. The second-order valence-electron chi connectivity index (χ2n) is 5.10. The number of hydrogen-bond donors (Lipinski definition) is 0. The Labute approximate surface area is 133 Å². The van der Waals surface area contributed by atoms with Crippen LogP contribution >= 0.6 is 0 Å². The fourth-order valence-corrected chi connectivity index (χ4v) is 3.52. The topological polar surface area (TPSA) is 34.1 Å². The zero-order valence-electron chi connectivity index (χ0n) is 11.9. The Morgan fingerprint density at radius 2 is 1.38 bits per heavy atom. The van der Waals surface area contributed by atoms with Crippen molar-refractivity contribution in [2.24, 2.45) is 0 Å². The van der Waals surface area contributed by atoms with Gasteiger partial charge in [-0.05, 0) is 23.8 Å². The zero-order chi connectivity index (χ0) is 18.1. The fraction of sp³-hybridized carbons (Fsp3) is 0.200. The van der Waals surface area contributed by atoms with Crippen LogP contribution in [-0.2, 0) is 16.3 Å². The molecule has 2 nitrogen and oxygen atoms in total. The van der Waals surface area contributed by atoms with Gasteiger partial charge in [-0.1, -0.05) is 6.07 Å². The highest BCUT2D eigenvalue weighted by molar-refractivity contribution is 7.91. The van der Waals surface area contributed by atoms with Gasteiger partial charge < -0.3 is 0 Å². The van der Waals surface area contributed by atoms with Crippen molar-refractivity contribution in [3.8, 4) is 0 Å². The first-order chi connectivity index (χ1) is 11.0. The number of benzene rings is 2. The second kappa shape index (κ2) is 6.46. The largest absolute Gasteiger partial charge is 0.266 e. The molecule has 0 bridgehead atoms. The highest BCUT2D eigenvalue weighted by atomic mass is 32.2. The van der Waals surface area contributed by atoms with Gasteiger partial charge in [-0.25, -0.2) is 34.8 Å². The molecule has 9 heteroatoms. The average molecular weight is 368 g/mol. The van der Waals surface area contributed by atoms with Crippen LogP contribution in [0.15, 0.2) is 41.3 Å². The van der Waals surface area contributed by atoms with Gasteiger partial charge in [-0.15, -0.1) is 0 Å². The van der Waals surface area contributed by atoms with Crippen LogP contribution in [0.5, 0.6) is 0 Å². The summed E-state index contributed by atoms with van der Waals surface area (Å²) < 4.78 is 104. The van der Waals surface area contributed by atoms with E-state index in [4.69, 9.17) is 0 Å². The Bertz CT molecular complexity index is 864. The minimum atomic E-state index is -4.79. The summed E-state index contributed by atoms with van der Waals surface area (Å²) in [5.74, 6) is -10.5. The summed E-state index contributed by atoms with van der Waals surface area (Å²) in [6.45, 7) is 0. The molecule has 2 aromatic rings. The van der Waals surface area contributed by atoms with E-state index in [1.165, 1.54) is 0 Å². The third kappa shape index (κ3) is 4.28. The first-order valence-corrected chi connectivity index (χ1v) is 8.15. The Morgan fingerprint density at radius 1 is 0.833 bits per heavy atom. The van der Waals surface area contributed by atoms with Crippen molar-refractivity contribution in [3.63, 3.8) is 0 Å². The van der Waals surface area contributed by atoms with E-state index in [0.29, 0.717) is 18.2 Å². The van der Waals surface area contributed by atoms with Gasteiger partial charge in [0.25, 0.3) is 5.92 Å². The molecular weight excluding hydrogens is 358 g/mol. The summed E-state index contributed by atoms with van der Waals surface area (Å²) in [5.41, 5.74) is -0.587. The first kappa shape index (κ1) is 18.3. The predicted octanol–water partition coefficient (Wildman–Crippen LogP) is 3.89. The average Bonchev–Trinajstić information content (AvgIpc) is 2.40. The van der Waals surface area contributed by atoms with Crippen LogP contribution in [0.1, 0.15) is 5.56 Å². The standard InChI is InChI=1S/C15H10F6O2S/c16-10-2-1-9(12(18)5-10)7-15(20,21)8-24(22,23)14-4-3-11(17)6-13(14)19/h1-6H,7-8H2. The van der Waals surface area contributed by atoms with Gasteiger partial charge in [0.2, 0.25) is 0 Å². The lowest BCUT2D eigenvalue weighted by atomic mass is 10.1. The van der Waals surface area contributed by atoms with Gasteiger partial charge >= 0.3 is 0 Å². The van der Waals surface area contributed by atoms with Gasteiger partial charge in [-0.3, -0.25) is 0 Å². The molecule has 130 valence electrons. The van der Waals surface area contributed by atoms with Crippen LogP contribution in [0.25, 0.3) is 0 Å². The third-order valence-corrected chi connectivity index (χ3v) is 4.90. The Kier molecular flexibility index (Phi) is 4.93. The molecule has 2 rings (SSSR count). The maximum Gasteiger partial charge on any atom is 0.266 e. The number of hydrogen-bond acceptors (Lipinski definition) is 2. The van der Waals surface area contributed by atoms with Crippen LogP contribution in [0.4, 0.5) is 26.3 Å². The smallest absolute Gasteiger partial charge is 0.223 e. The number of halogens is 6. The molecule has 0 amide bonds. The van der Waals surface area contributed by atoms with Gasteiger partial charge in [-0.2, -0.15) is 0 Å². The minimum absolute atomic E-state index is 0.255. The summed E-state index contributed by atoms with van der Waals surface area (Å²) >= 11 is 0. The van der Waals surface area contributed by atoms with Crippen molar-refractivity contribution in [2.75, 3.05) is 5.75 Å². The molecule has 0 unspecified atom stereocenters. The maximum absolute atomic E-state index is 13.9. The molecular formula is C15H10F6O2S. The minimum Gasteiger partial charge on any atom is -0.223 e. The highest BCUT2D eigenvalue weighted by Crippen LogP contribution is 2.28. The van der Waals surface area contributed by atoms with E-state index in [0.717, 1.165) is 12.1 Å². The molecule has 0 saturated heterocycles. The lowest BCUT2D eigenvalue weighted by Gasteiger charge is -2.17. The molecule has 2 aromatic carbocycles. The SMILES string of the molecule is O=S(=O)(CC(F)(F)Cc1ccc(F)cc1F)c1ccc(F)cc1F. The van der Waals surface area contributed by atoms with E-state index in [1.807, 2.05) is 0 Å². The molecule has 24 heavy (non-hydrogen) atoms. The molecule has 0 atom stereocenters. The van der Waals surface area contributed by atoms with Crippen molar-refractivity contribution >= 4 is 9.84 Å². The molecule has 0 heterocycles. The molecule has 0 N–H and O–H groups in total. The zero-order valence-corrected chi connectivity index (χ0v) is 12.7. The molecule has 0 aromatic heterocycles. The van der Waals surface area contributed by atoms with Crippen LogP contribution < -0.4 is 0 Å². The highest BCUT2D eigenvalue weighted by Gasteiger charge is 2.38. The molecule has 0 saturated carbocycles. The van der Waals surface area contributed by atoms with Crippen LogP contribution in [0, 0.1) is 23.3 Å². The summed E-state index contributed by atoms with van der Waals surface area (Å²) in [6, 6.07) is 3.32. The van der Waals surface area contributed by atoms with Crippen molar-refractivity contribution in [1.29, 1.82) is 0 Å². The van der Waals surface area contributed by atoms with E-state index < -0.39 is 61.7 Å². The van der Waals surface area contributed by atoms with Gasteiger partial charge in [0.1, 0.15) is 33.9 Å². The molecule has 0 fully saturated rings. The predicted molar refractivity (Wildman–Crippen MR) is 73.4 cm³/mol. The Balaban J connectivity index is 2.26.